The summed E-state index contributed by atoms with van der Waals surface area (Å²) in [4.78, 5) is 4.20. The molecule has 3 nitrogen and oxygen atoms in total. The molecular weight excluding hydrogens is 248 g/mol. The molecule has 0 amide bonds. The summed E-state index contributed by atoms with van der Waals surface area (Å²) in [7, 11) is 0. The highest BCUT2D eigenvalue weighted by Gasteiger charge is 2.20. The van der Waals surface area contributed by atoms with E-state index < -0.39 is 0 Å². The van der Waals surface area contributed by atoms with E-state index in [-0.39, 0.29) is 0 Å². The van der Waals surface area contributed by atoms with Gasteiger partial charge in [0.15, 0.2) is 0 Å². The Morgan fingerprint density at radius 3 is 2.80 bits per heavy atom. The molecule has 1 aliphatic rings. The first-order valence-corrected chi connectivity index (χ1v) is 7.14. The molecule has 0 radical (unpaired) electrons. The lowest BCUT2D eigenvalue weighted by atomic mass is 10.1. The van der Waals surface area contributed by atoms with Gasteiger partial charge in [0.2, 0.25) is 0 Å². The number of hydrogen-bond acceptors (Lipinski definition) is 3. The molecule has 104 valence electrons. The molecule has 20 heavy (non-hydrogen) atoms. The van der Waals surface area contributed by atoms with Crippen molar-refractivity contribution in [3.8, 4) is 11.5 Å². The molecule has 0 spiro atoms. The van der Waals surface area contributed by atoms with Crippen LogP contribution in [0.25, 0.3) is 0 Å². The molecule has 0 bridgehead atoms. The molecule has 1 heterocycles. The summed E-state index contributed by atoms with van der Waals surface area (Å²) in [5.41, 5.74) is 3.63. The van der Waals surface area contributed by atoms with Crippen molar-refractivity contribution in [2.24, 2.45) is 0 Å². The Morgan fingerprint density at radius 1 is 1.20 bits per heavy atom. The summed E-state index contributed by atoms with van der Waals surface area (Å²) in [5.74, 6) is 1.77. The van der Waals surface area contributed by atoms with E-state index >= 15 is 0 Å². The minimum Gasteiger partial charge on any atom is -0.457 e. The maximum absolute atomic E-state index is 6.02. The van der Waals surface area contributed by atoms with Crippen LogP contribution in [-0.4, -0.2) is 11.0 Å². The van der Waals surface area contributed by atoms with Crippen molar-refractivity contribution in [3.05, 3.63) is 53.3 Å². The van der Waals surface area contributed by atoms with E-state index in [1.807, 2.05) is 18.3 Å². The van der Waals surface area contributed by atoms with Crippen molar-refractivity contribution in [1.29, 1.82) is 0 Å². The van der Waals surface area contributed by atoms with Gasteiger partial charge in [-0.25, -0.2) is 0 Å². The maximum atomic E-state index is 6.02. The maximum Gasteiger partial charge on any atom is 0.134 e. The number of nitrogens with zero attached hydrogens (tertiary/aromatic N) is 1. The number of rotatable bonds is 5. The van der Waals surface area contributed by atoms with E-state index in [1.54, 1.807) is 6.20 Å². The van der Waals surface area contributed by atoms with Crippen LogP contribution in [0.2, 0.25) is 0 Å². The number of nitrogens with one attached hydrogen (secondary N) is 1. The van der Waals surface area contributed by atoms with E-state index in [2.05, 4.69) is 36.3 Å². The van der Waals surface area contributed by atoms with E-state index in [0.29, 0.717) is 6.04 Å². The van der Waals surface area contributed by atoms with Crippen LogP contribution in [-0.2, 0) is 6.54 Å². The van der Waals surface area contributed by atoms with Crippen molar-refractivity contribution in [2.75, 3.05) is 0 Å². The average molecular weight is 268 g/mol. The highest BCUT2D eigenvalue weighted by atomic mass is 16.5. The fourth-order valence-corrected chi connectivity index (χ4v) is 2.09. The largest absolute Gasteiger partial charge is 0.457 e. The van der Waals surface area contributed by atoms with E-state index in [0.717, 1.165) is 23.6 Å². The van der Waals surface area contributed by atoms with Crippen molar-refractivity contribution in [1.82, 2.24) is 10.3 Å². The predicted octanol–water partition coefficient (Wildman–Crippen LogP) is 3.74. The molecule has 1 fully saturated rings. The van der Waals surface area contributed by atoms with Crippen molar-refractivity contribution in [3.63, 3.8) is 0 Å². The summed E-state index contributed by atoms with van der Waals surface area (Å²) < 4.78 is 6.02. The quantitative estimate of drug-likeness (QED) is 0.897. The SMILES string of the molecule is Cc1ccc(Oc2ccncc2CNC2CC2)cc1C. The zero-order chi connectivity index (χ0) is 13.9. The number of aromatic nitrogens is 1. The Hall–Kier alpha value is -1.87. The summed E-state index contributed by atoms with van der Waals surface area (Å²) >= 11 is 0. The first-order chi connectivity index (χ1) is 9.72. The fourth-order valence-electron chi connectivity index (χ4n) is 2.09. The smallest absolute Gasteiger partial charge is 0.134 e. The fraction of sp³-hybridized carbons (Fsp3) is 0.353. The van der Waals surface area contributed by atoms with E-state index in [9.17, 15) is 0 Å². The van der Waals surface area contributed by atoms with Crippen LogP contribution in [0.4, 0.5) is 0 Å². The number of ether oxygens (including phenoxy) is 1. The van der Waals surface area contributed by atoms with Crippen LogP contribution in [0.15, 0.2) is 36.7 Å². The van der Waals surface area contributed by atoms with Crippen LogP contribution in [0.3, 0.4) is 0 Å². The molecule has 1 aromatic heterocycles. The van der Waals surface area contributed by atoms with Gasteiger partial charge in [0.05, 0.1) is 0 Å². The molecule has 3 rings (SSSR count). The monoisotopic (exact) mass is 268 g/mol. The minimum absolute atomic E-state index is 0.685. The van der Waals surface area contributed by atoms with Crippen molar-refractivity contribution < 1.29 is 4.74 Å². The van der Waals surface area contributed by atoms with Gasteiger partial charge in [-0.05, 0) is 56.0 Å². The summed E-state index contributed by atoms with van der Waals surface area (Å²) in [5, 5.41) is 3.50. The summed E-state index contributed by atoms with van der Waals surface area (Å²) in [6.45, 7) is 5.03. The second-order valence-electron chi connectivity index (χ2n) is 5.49. The van der Waals surface area contributed by atoms with Gasteiger partial charge >= 0.3 is 0 Å². The van der Waals surface area contributed by atoms with Crippen molar-refractivity contribution >= 4 is 0 Å². The Kier molecular flexibility index (Phi) is 3.70. The van der Waals surface area contributed by atoms with Gasteiger partial charge < -0.3 is 10.1 Å². The summed E-state index contributed by atoms with van der Waals surface area (Å²) in [6, 6.07) is 8.80. The number of hydrogen-bond donors (Lipinski definition) is 1. The Bertz CT molecular complexity index is 606. The molecule has 1 aromatic carbocycles. The van der Waals surface area contributed by atoms with Gasteiger partial charge in [-0.15, -0.1) is 0 Å². The highest BCUT2D eigenvalue weighted by Crippen LogP contribution is 2.27. The number of pyridine rings is 1. The first kappa shape index (κ1) is 13.1. The lowest BCUT2D eigenvalue weighted by Gasteiger charge is -2.12. The van der Waals surface area contributed by atoms with Gasteiger partial charge in [0.1, 0.15) is 11.5 Å². The second-order valence-corrected chi connectivity index (χ2v) is 5.49. The highest BCUT2D eigenvalue weighted by molar-refractivity contribution is 5.39. The third-order valence-electron chi connectivity index (χ3n) is 3.72. The lowest BCUT2D eigenvalue weighted by Crippen LogP contribution is -2.15. The van der Waals surface area contributed by atoms with Crippen LogP contribution >= 0.6 is 0 Å². The third kappa shape index (κ3) is 3.17. The van der Waals surface area contributed by atoms with Gasteiger partial charge in [0.25, 0.3) is 0 Å². The molecule has 3 heteroatoms. The molecule has 1 saturated carbocycles. The zero-order valence-electron chi connectivity index (χ0n) is 12.0. The normalized spacial score (nSPS) is 14.3. The molecule has 0 saturated heterocycles. The van der Waals surface area contributed by atoms with E-state index in [4.69, 9.17) is 4.74 Å². The Morgan fingerprint density at radius 2 is 2.05 bits per heavy atom. The molecule has 0 unspecified atom stereocenters. The molecule has 2 aromatic rings. The average Bonchev–Trinajstić information content (AvgIpc) is 3.26. The Balaban J connectivity index is 1.76. The van der Waals surface area contributed by atoms with Gasteiger partial charge in [-0.1, -0.05) is 6.07 Å². The summed E-state index contributed by atoms with van der Waals surface area (Å²) in [6.07, 6.45) is 6.23. The van der Waals surface area contributed by atoms with Crippen LogP contribution < -0.4 is 10.1 Å². The van der Waals surface area contributed by atoms with Crippen LogP contribution in [0.1, 0.15) is 29.5 Å². The molecule has 1 aliphatic carbocycles. The van der Waals surface area contributed by atoms with Crippen LogP contribution in [0.5, 0.6) is 11.5 Å². The Labute approximate surface area is 120 Å². The number of benzene rings is 1. The van der Waals surface area contributed by atoms with Gasteiger partial charge in [0, 0.05) is 30.5 Å². The molecule has 0 atom stereocenters. The zero-order valence-corrected chi connectivity index (χ0v) is 12.0. The lowest BCUT2D eigenvalue weighted by molar-refractivity contribution is 0.471. The predicted molar refractivity (Wildman–Crippen MR) is 80.1 cm³/mol. The molecule has 1 N–H and O–H groups in total. The van der Waals surface area contributed by atoms with Crippen molar-refractivity contribution in [2.45, 2.75) is 39.3 Å². The van der Waals surface area contributed by atoms with Gasteiger partial charge in [-0.3, -0.25) is 4.98 Å². The standard InChI is InChI=1S/C17H20N2O/c1-12-3-6-16(9-13(12)2)20-17-7-8-18-10-14(17)11-19-15-4-5-15/h3,6-10,15,19H,4-5,11H2,1-2H3. The topological polar surface area (TPSA) is 34.1 Å². The van der Waals surface area contributed by atoms with Crippen LogP contribution in [0, 0.1) is 13.8 Å². The molecular formula is C17H20N2O. The van der Waals surface area contributed by atoms with E-state index in [1.165, 1.54) is 24.0 Å². The first-order valence-electron chi connectivity index (χ1n) is 7.14. The third-order valence-corrected chi connectivity index (χ3v) is 3.72. The number of aryl methyl sites for hydroxylation is 2. The second kappa shape index (κ2) is 5.63. The minimum atomic E-state index is 0.685. The van der Waals surface area contributed by atoms with Gasteiger partial charge in [-0.2, -0.15) is 0 Å². The molecule has 0 aliphatic heterocycles.